The Morgan fingerprint density at radius 3 is 2.46 bits per heavy atom. The maximum Gasteiger partial charge on any atom is 0.253 e. The zero-order chi connectivity index (χ0) is 24.5. The lowest BCUT2D eigenvalue weighted by atomic mass is 10.0. The van der Waals surface area contributed by atoms with Gasteiger partial charge in [-0.05, 0) is 36.2 Å². The molecule has 0 unspecified atom stereocenters. The van der Waals surface area contributed by atoms with Gasteiger partial charge in [-0.15, -0.1) is 0 Å². The molecule has 0 aliphatic carbocycles. The van der Waals surface area contributed by atoms with Gasteiger partial charge < -0.3 is 24.9 Å². The molecule has 3 aromatic heterocycles. The number of H-pyrrole nitrogens is 2. The number of methoxy groups -OCH3 is 1. The smallest absolute Gasteiger partial charge is 0.253 e. The summed E-state index contributed by atoms with van der Waals surface area (Å²) in [4.78, 5) is 33.7. The van der Waals surface area contributed by atoms with Crippen LogP contribution in [0.3, 0.4) is 0 Å². The van der Waals surface area contributed by atoms with Gasteiger partial charge in [-0.2, -0.15) is 9.97 Å². The van der Waals surface area contributed by atoms with E-state index in [1.165, 1.54) is 0 Å². The Bertz CT molecular complexity index is 1500. The van der Waals surface area contributed by atoms with Crippen molar-refractivity contribution in [3.8, 4) is 28.4 Å². The van der Waals surface area contributed by atoms with Crippen LogP contribution in [0.2, 0.25) is 0 Å². The Labute approximate surface area is 202 Å². The lowest BCUT2D eigenvalue weighted by molar-refractivity contribution is 0.0827. The predicted octanol–water partition coefficient (Wildman–Crippen LogP) is 4.78. The van der Waals surface area contributed by atoms with Crippen LogP contribution in [0, 0.1) is 6.92 Å². The summed E-state index contributed by atoms with van der Waals surface area (Å²) in [7, 11) is 5.06. The van der Waals surface area contributed by atoms with E-state index >= 15 is 0 Å². The molecule has 9 nitrogen and oxygen atoms in total. The number of aromatic nitrogens is 5. The lowest BCUT2D eigenvalue weighted by Crippen LogP contribution is -2.21. The number of hydrogen-bond donors (Lipinski definition) is 3. The second kappa shape index (κ2) is 8.94. The van der Waals surface area contributed by atoms with Crippen molar-refractivity contribution in [2.45, 2.75) is 6.92 Å². The normalized spacial score (nSPS) is 11.0. The Kier molecular flexibility index (Phi) is 5.66. The highest BCUT2D eigenvalue weighted by molar-refractivity contribution is 5.98. The van der Waals surface area contributed by atoms with Crippen LogP contribution < -0.4 is 10.1 Å². The first-order valence-corrected chi connectivity index (χ1v) is 11.1. The van der Waals surface area contributed by atoms with E-state index in [-0.39, 0.29) is 5.91 Å². The van der Waals surface area contributed by atoms with Crippen molar-refractivity contribution >= 4 is 28.6 Å². The Morgan fingerprint density at radius 1 is 1.03 bits per heavy atom. The second-order valence-corrected chi connectivity index (χ2v) is 8.35. The van der Waals surface area contributed by atoms with Crippen molar-refractivity contribution in [1.82, 2.24) is 29.8 Å². The predicted molar refractivity (Wildman–Crippen MR) is 136 cm³/mol. The van der Waals surface area contributed by atoms with E-state index < -0.39 is 0 Å². The van der Waals surface area contributed by atoms with E-state index in [2.05, 4.69) is 30.2 Å². The number of carbonyl (C=O) groups excluding carboxylic acids is 1. The van der Waals surface area contributed by atoms with Gasteiger partial charge in [0.05, 0.1) is 12.5 Å². The maximum absolute atomic E-state index is 12.2. The van der Waals surface area contributed by atoms with Crippen LogP contribution in [-0.2, 0) is 0 Å². The van der Waals surface area contributed by atoms with Crippen molar-refractivity contribution in [2.75, 3.05) is 26.5 Å². The number of aryl methyl sites for hydroxylation is 1. The number of rotatable bonds is 6. The molecular formula is C26H25N7O2. The van der Waals surface area contributed by atoms with Crippen molar-refractivity contribution in [2.24, 2.45) is 0 Å². The summed E-state index contributed by atoms with van der Waals surface area (Å²) in [5, 5.41) is 4.05. The highest BCUT2D eigenvalue weighted by atomic mass is 16.5. The maximum atomic E-state index is 12.2. The molecular weight excluding hydrogens is 442 g/mol. The van der Waals surface area contributed by atoms with Crippen LogP contribution in [0.1, 0.15) is 15.9 Å². The second-order valence-electron chi connectivity index (χ2n) is 8.35. The first-order chi connectivity index (χ1) is 16.9. The van der Waals surface area contributed by atoms with Crippen LogP contribution in [0.4, 0.5) is 11.6 Å². The van der Waals surface area contributed by atoms with Gasteiger partial charge in [-0.3, -0.25) is 4.79 Å². The molecule has 9 heteroatoms. The zero-order valence-corrected chi connectivity index (χ0v) is 19.9. The molecule has 0 aliphatic rings. The topological polar surface area (TPSA) is 112 Å². The van der Waals surface area contributed by atoms with Crippen molar-refractivity contribution in [3.05, 3.63) is 72.2 Å². The molecule has 0 saturated heterocycles. The Morgan fingerprint density at radius 2 is 1.80 bits per heavy atom. The summed E-state index contributed by atoms with van der Waals surface area (Å²) < 4.78 is 5.64. The number of benzene rings is 2. The number of ether oxygens (including phenoxy) is 1. The quantitative estimate of drug-likeness (QED) is 0.331. The Hall–Kier alpha value is -4.66. The van der Waals surface area contributed by atoms with E-state index in [1.807, 2.05) is 49.5 Å². The minimum Gasteiger partial charge on any atom is -0.480 e. The molecule has 3 N–H and O–H groups in total. The molecule has 2 aromatic carbocycles. The first-order valence-electron chi connectivity index (χ1n) is 11.1. The number of fused-ring (bicyclic) bond motifs is 1. The number of hydrogen-bond acceptors (Lipinski definition) is 6. The molecule has 0 aliphatic heterocycles. The molecule has 3 heterocycles. The summed E-state index contributed by atoms with van der Waals surface area (Å²) >= 11 is 0. The summed E-state index contributed by atoms with van der Waals surface area (Å²) in [5.41, 5.74) is 5.94. The van der Waals surface area contributed by atoms with Gasteiger partial charge in [0.15, 0.2) is 0 Å². The van der Waals surface area contributed by atoms with Crippen LogP contribution in [0.25, 0.3) is 33.5 Å². The number of carbonyl (C=O) groups is 1. The highest BCUT2D eigenvalue weighted by Crippen LogP contribution is 2.35. The molecule has 0 fully saturated rings. The minimum atomic E-state index is -0.0462. The Balaban J connectivity index is 1.46. The fraction of sp³-hybridized carbons (Fsp3) is 0.154. The summed E-state index contributed by atoms with van der Waals surface area (Å²) in [6.07, 6.45) is 5.44. The van der Waals surface area contributed by atoms with Gasteiger partial charge in [-0.1, -0.05) is 24.3 Å². The number of nitrogens with zero attached hydrogens (tertiary/aromatic N) is 4. The lowest BCUT2D eigenvalue weighted by Gasteiger charge is -2.14. The SMILES string of the molecule is COc1nc(Nc2ccc(C(=O)N(C)C)cc2C)nc2[nH]cc(-c3ccc(-c4ncc[nH]4)cc3)c12. The molecule has 176 valence electrons. The number of nitrogens with one attached hydrogen (secondary N) is 3. The van der Waals surface area contributed by atoms with Gasteiger partial charge in [0.2, 0.25) is 11.8 Å². The highest BCUT2D eigenvalue weighted by Gasteiger charge is 2.17. The minimum absolute atomic E-state index is 0.0462. The van der Waals surface area contributed by atoms with Gasteiger partial charge in [0.25, 0.3) is 5.91 Å². The summed E-state index contributed by atoms with van der Waals surface area (Å²) in [6.45, 7) is 1.93. The average Bonchev–Trinajstić information content (AvgIpc) is 3.55. The zero-order valence-electron chi connectivity index (χ0n) is 19.9. The summed E-state index contributed by atoms with van der Waals surface area (Å²) in [5.74, 6) is 1.63. The number of aromatic amines is 2. The largest absolute Gasteiger partial charge is 0.480 e. The van der Waals surface area contributed by atoms with Gasteiger partial charge in [0, 0.05) is 55.1 Å². The third kappa shape index (κ3) is 4.19. The van der Waals surface area contributed by atoms with Gasteiger partial charge in [0.1, 0.15) is 11.5 Å². The number of anilines is 2. The number of amides is 1. The van der Waals surface area contributed by atoms with Crippen LogP contribution in [-0.4, -0.2) is 56.9 Å². The molecule has 0 saturated carbocycles. The third-order valence-corrected chi connectivity index (χ3v) is 5.79. The fourth-order valence-electron chi connectivity index (χ4n) is 3.98. The van der Waals surface area contributed by atoms with E-state index in [1.54, 1.807) is 44.6 Å². The molecule has 5 rings (SSSR count). The number of imidazole rings is 1. The molecule has 1 amide bonds. The molecule has 0 radical (unpaired) electrons. The van der Waals surface area contributed by atoms with E-state index in [0.29, 0.717) is 23.0 Å². The van der Waals surface area contributed by atoms with E-state index in [9.17, 15) is 4.79 Å². The fourth-order valence-corrected chi connectivity index (χ4v) is 3.98. The van der Waals surface area contributed by atoms with Crippen LogP contribution >= 0.6 is 0 Å². The van der Waals surface area contributed by atoms with Crippen molar-refractivity contribution in [1.29, 1.82) is 0 Å². The van der Waals surface area contributed by atoms with Gasteiger partial charge in [-0.25, -0.2) is 4.98 Å². The van der Waals surface area contributed by atoms with E-state index in [0.717, 1.165) is 39.2 Å². The molecule has 35 heavy (non-hydrogen) atoms. The monoisotopic (exact) mass is 467 g/mol. The van der Waals surface area contributed by atoms with Crippen molar-refractivity contribution in [3.63, 3.8) is 0 Å². The molecule has 5 aromatic rings. The summed E-state index contributed by atoms with van der Waals surface area (Å²) in [6, 6.07) is 13.6. The molecule has 0 spiro atoms. The standard InChI is InChI=1S/C26H25N7O2/c1-15-13-18(25(34)33(2)3)9-10-20(15)30-26-31-23-21(24(32-26)35-4)19(14-29-23)16-5-7-17(8-6-16)22-27-11-12-28-22/h5-14H,1-4H3,(H,27,28)(H2,29,30,31,32). The van der Waals surface area contributed by atoms with Crippen molar-refractivity contribution < 1.29 is 9.53 Å². The average molecular weight is 468 g/mol. The van der Waals surface area contributed by atoms with Crippen LogP contribution in [0.15, 0.2) is 61.1 Å². The third-order valence-electron chi connectivity index (χ3n) is 5.79. The molecule has 0 bridgehead atoms. The molecule has 0 atom stereocenters. The van der Waals surface area contributed by atoms with Gasteiger partial charge >= 0.3 is 0 Å². The van der Waals surface area contributed by atoms with E-state index in [4.69, 9.17) is 4.74 Å². The first kappa shape index (κ1) is 22.1. The van der Waals surface area contributed by atoms with Crippen LogP contribution in [0.5, 0.6) is 5.88 Å².